The zero-order valence-electron chi connectivity index (χ0n) is 15.7. The lowest BCUT2D eigenvalue weighted by atomic mass is 10.00. The van der Waals surface area contributed by atoms with Crippen molar-refractivity contribution < 1.29 is 14.3 Å². The maximum absolute atomic E-state index is 12.1. The van der Waals surface area contributed by atoms with E-state index in [0.717, 1.165) is 13.1 Å². The number of carbonyl (C=O) groups is 2. The third-order valence-corrected chi connectivity index (χ3v) is 4.67. The molecule has 1 saturated heterocycles. The number of benzene rings is 1. The Kier molecular flexibility index (Phi) is 6.73. The van der Waals surface area contributed by atoms with Crippen LogP contribution in [0, 0.1) is 0 Å². The summed E-state index contributed by atoms with van der Waals surface area (Å²) in [4.78, 5) is 26.6. The van der Waals surface area contributed by atoms with Crippen LogP contribution in [0.4, 0.5) is 0 Å². The Morgan fingerprint density at radius 2 is 1.72 bits per heavy atom. The van der Waals surface area contributed by atoms with Crippen molar-refractivity contribution in [3.05, 3.63) is 35.9 Å². The standard InChI is InChI=1S/C20H30N2O3/c1-15-12-22(13-16(2)25-15)20(3,4)14-21-19(24)11-10-18(23)17-8-6-5-7-9-17/h5-9,15-16H,10-14H2,1-4H3,(H,21,24). The molecule has 0 bridgehead atoms. The largest absolute Gasteiger partial charge is 0.373 e. The first-order valence-electron chi connectivity index (χ1n) is 9.03. The molecule has 1 aliphatic rings. The SMILES string of the molecule is CC1CN(C(C)(C)CNC(=O)CCC(=O)c2ccccc2)CC(C)O1. The van der Waals surface area contributed by atoms with Gasteiger partial charge in [-0.3, -0.25) is 14.5 Å². The number of nitrogens with zero attached hydrogens (tertiary/aromatic N) is 1. The van der Waals surface area contributed by atoms with Gasteiger partial charge in [-0.15, -0.1) is 0 Å². The third kappa shape index (κ3) is 5.94. The van der Waals surface area contributed by atoms with Gasteiger partial charge in [-0.1, -0.05) is 30.3 Å². The van der Waals surface area contributed by atoms with Gasteiger partial charge in [0.2, 0.25) is 5.91 Å². The maximum Gasteiger partial charge on any atom is 0.220 e. The number of carbonyl (C=O) groups excluding carboxylic acids is 2. The fourth-order valence-corrected chi connectivity index (χ4v) is 3.18. The molecule has 1 amide bonds. The van der Waals surface area contributed by atoms with E-state index in [0.29, 0.717) is 12.1 Å². The summed E-state index contributed by atoms with van der Waals surface area (Å²) in [6.45, 7) is 10.7. The summed E-state index contributed by atoms with van der Waals surface area (Å²) in [6, 6.07) is 9.10. The number of Topliss-reactive ketones (excluding diaryl/α,β-unsaturated/α-hetero) is 1. The first kappa shape index (κ1) is 19.6. The van der Waals surface area contributed by atoms with Gasteiger partial charge in [0.05, 0.1) is 12.2 Å². The van der Waals surface area contributed by atoms with E-state index in [4.69, 9.17) is 4.74 Å². The summed E-state index contributed by atoms with van der Waals surface area (Å²) in [5.41, 5.74) is 0.512. The smallest absolute Gasteiger partial charge is 0.220 e. The first-order chi connectivity index (χ1) is 11.8. The van der Waals surface area contributed by atoms with Crippen molar-refractivity contribution in [3.8, 4) is 0 Å². The van der Waals surface area contributed by atoms with E-state index in [2.05, 4.69) is 37.9 Å². The van der Waals surface area contributed by atoms with Gasteiger partial charge >= 0.3 is 0 Å². The highest BCUT2D eigenvalue weighted by Gasteiger charge is 2.33. The van der Waals surface area contributed by atoms with Crippen LogP contribution in [0.5, 0.6) is 0 Å². The average Bonchev–Trinajstić information content (AvgIpc) is 2.58. The zero-order valence-corrected chi connectivity index (χ0v) is 15.7. The molecule has 0 saturated carbocycles. The van der Waals surface area contributed by atoms with Crippen molar-refractivity contribution in [1.82, 2.24) is 10.2 Å². The molecule has 0 aliphatic carbocycles. The fourth-order valence-electron chi connectivity index (χ4n) is 3.18. The maximum atomic E-state index is 12.1. The van der Waals surface area contributed by atoms with Crippen LogP contribution in [-0.4, -0.2) is 54.0 Å². The Balaban J connectivity index is 1.77. The van der Waals surface area contributed by atoms with Crippen LogP contribution in [-0.2, 0) is 9.53 Å². The highest BCUT2D eigenvalue weighted by molar-refractivity contribution is 5.97. The molecule has 0 aromatic heterocycles. The van der Waals surface area contributed by atoms with Crippen LogP contribution < -0.4 is 5.32 Å². The lowest BCUT2D eigenvalue weighted by Gasteiger charge is -2.45. The summed E-state index contributed by atoms with van der Waals surface area (Å²) in [5, 5.41) is 2.98. The average molecular weight is 346 g/mol. The molecule has 1 aromatic rings. The zero-order chi connectivity index (χ0) is 18.4. The monoisotopic (exact) mass is 346 g/mol. The van der Waals surface area contributed by atoms with Crippen molar-refractivity contribution >= 4 is 11.7 Å². The summed E-state index contributed by atoms with van der Waals surface area (Å²) in [6.07, 6.45) is 0.853. The number of ether oxygens (including phenoxy) is 1. The van der Waals surface area contributed by atoms with E-state index in [1.165, 1.54) is 0 Å². The molecule has 1 N–H and O–H groups in total. The first-order valence-corrected chi connectivity index (χ1v) is 9.03. The molecule has 2 rings (SSSR count). The molecule has 0 spiro atoms. The minimum atomic E-state index is -0.147. The summed E-state index contributed by atoms with van der Waals surface area (Å²) >= 11 is 0. The Morgan fingerprint density at radius 3 is 2.32 bits per heavy atom. The Bertz CT molecular complexity index is 576. The molecule has 1 aliphatic heterocycles. The van der Waals surface area contributed by atoms with Crippen LogP contribution in [0.25, 0.3) is 0 Å². The Morgan fingerprint density at radius 1 is 1.12 bits per heavy atom. The molecule has 1 aromatic carbocycles. The molecular weight excluding hydrogens is 316 g/mol. The second-order valence-electron chi connectivity index (χ2n) is 7.54. The second-order valence-corrected chi connectivity index (χ2v) is 7.54. The molecule has 138 valence electrons. The summed E-state index contributed by atoms with van der Waals surface area (Å²) in [5.74, 6) is -0.0717. The number of hydrogen-bond donors (Lipinski definition) is 1. The van der Waals surface area contributed by atoms with Gasteiger partial charge in [0.25, 0.3) is 0 Å². The van der Waals surface area contributed by atoms with Crippen LogP contribution in [0.2, 0.25) is 0 Å². The van der Waals surface area contributed by atoms with E-state index in [-0.39, 0.29) is 42.3 Å². The second kappa shape index (κ2) is 8.59. The number of rotatable bonds is 7. The highest BCUT2D eigenvalue weighted by Crippen LogP contribution is 2.20. The highest BCUT2D eigenvalue weighted by atomic mass is 16.5. The third-order valence-electron chi connectivity index (χ3n) is 4.67. The van der Waals surface area contributed by atoms with E-state index in [9.17, 15) is 9.59 Å². The van der Waals surface area contributed by atoms with Gasteiger partial charge in [0, 0.05) is 43.6 Å². The van der Waals surface area contributed by atoms with Crippen LogP contribution >= 0.6 is 0 Å². The van der Waals surface area contributed by atoms with Gasteiger partial charge in [-0.05, 0) is 27.7 Å². The lowest BCUT2D eigenvalue weighted by Crippen LogP contribution is -2.58. The van der Waals surface area contributed by atoms with E-state index < -0.39 is 0 Å². The quantitative estimate of drug-likeness (QED) is 0.771. The van der Waals surface area contributed by atoms with Crippen molar-refractivity contribution in [2.24, 2.45) is 0 Å². The number of nitrogens with one attached hydrogen (secondary N) is 1. The van der Waals surface area contributed by atoms with Crippen molar-refractivity contribution in [1.29, 1.82) is 0 Å². The molecule has 1 fully saturated rings. The Hall–Kier alpha value is -1.72. The van der Waals surface area contributed by atoms with Gasteiger partial charge < -0.3 is 10.1 Å². The lowest BCUT2D eigenvalue weighted by molar-refractivity contribution is -0.122. The number of hydrogen-bond acceptors (Lipinski definition) is 4. The van der Waals surface area contributed by atoms with E-state index >= 15 is 0 Å². The number of amides is 1. The molecule has 25 heavy (non-hydrogen) atoms. The predicted octanol–water partition coefficient (Wildman–Crippen LogP) is 2.65. The van der Waals surface area contributed by atoms with Crippen molar-refractivity contribution in [3.63, 3.8) is 0 Å². The molecule has 1 heterocycles. The van der Waals surface area contributed by atoms with Crippen LogP contribution in [0.3, 0.4) is 0 Å². The Labute approximate surface area is 150 Å². The minimum absolute atomic E-state index is 0.00541. The van der Waals surface area contributed by atoms with Gasteiger partial charge in [0.1, 0.15) is 0 Å². The van der Waals surface area contributed by atoms with Crippen molar-refractivity contribution in [2.75, 3.05) is 19.6 Å². The molecule has 2 unspecified atom stereocenters. The predicted molar refractivity (Wildman–Crippen MR) is 98.7 cm³/mol. The number of morpholine rings is 1. The summed E-state index contributed by atoms with van der Waals surface area (Å²) < 4.78 is 5.78. The van der Waals surface area contributed by atoms with Crippen molar-refractivity contribution in [2.45, 2.75) is 58.3 Å². The van der Waals surface area contributed by atoms with Gasteiger partial charge in [-0.25, -0.2) is 0 Å². The van der Waals surface area contributed by atoms with Crippen LogP contribution in [0.15, 0.2) is 30.3 Å². The fraction of sp³-hybridized carbons (Fsp3) is 0.600. The molecular formula is C20H30N2O3. The van der Waals surface area contributed by atoms with Gasteiger partial charge in [0.15, 0.2) is 5.78 Å². The van der Waals surface area contributed by atoms with Gasteiger partial charge in [-0.2, -0.15) is 0 Å². The topological polar surface area (TPSA) is 58.6 Å². The molecule has 5 heteroatoms. The van der Waals surface area contributed by atoms with E-state index in [1.807, 2.05) is 18.2 Å². The molecule has 5 nitrogen and oxygen atoms in total. The van der Waals surface area contributed by atoms with E-state index in [1.54, 1.807) is 12.1 Å². The number of ketones is 1. The summed E-state index contributed by atoms with van der Waals surface area (Å²) in [7, 11) is 0. The minimum Gasteiger partial charge on any atom is -0.373 e. The normalized spacial score (nSPS) is 21.8. The molecule has 0 radical (unpaired) electrons. The molecule has 2 atom stereocenters. The van der Waals surface area contributed by atoms with Crippen LogP contribution in [0.1, 0.15) is 50.9 Å².